The van der Waals surface area contributed by atoms with Crippen LogP contribution in [-0.2, 0) is 6.42 Å². The van der Waals surface area contributed by atoms with Crippen LogP contribution in [0.5, 0.6) is 11.6 Å². The average molecular weight is 257 g/mol. The molecule has 1 aromatic carbocycles. The summed E-state index contributed by atoms with van der Waals surface area (Å²) in [6, 6.07) is 11.9. The molecule has 0 aliphatic carbocycles. The smallest absolute Gasteiger partial charge is 0.213 e. The van der Waals surface area contributed by atoms with Crippen LogP contribution in [0.3, 0.4) is 0 Å². The summed E-state index contributed by atoms with van der Waals surface area (Å²) in [5, 5.41) is 0. The quantitative estimate of drug-likeness (QED) is 0.743. The zero-order chi connectivity index (χ0) is 13.5. The Kier molecular flexibility index (Phi) is 4.78. The summed E-state index contributed by atoms with van der Waals surface area (Å²) in [6.45, 7) is 5.24. The first-order valence-electron chi connectivity index (χ1n) is 6.55. The fourth-order valence-corrected chi connectivity index (χ4v) is 1.86. The highest BCUT2D eigenvalue weighted by atomic mass is 16.5. The van der Waals surface area contributed by atoms with Crippen LogP contribution >= 0.6 is 0 Å². The molecular formula is C16H19NO2. The molecule has 0 fully saturated rings. The van der Waals surface area contributed by atoms with E-state index >= 15 is 0 Å². The number of benzene rings is 1. The van der Waals surface area contributed by atoms with Gasteiger partial charge in [-0.3, -0.25) is 0 Å². The minimum atomic E-state index is 0.494. The van der Waals surface area contributed by atoms with Crippen molar-refractivity contribution < 1.29 is 9.47 Å². The van der Waals surface area contributed by atoms with Crippen molar-refractivity contribution in [2.45, 2.75) is 20.3 Å². The van der Waals surface area contributed by atoms with E-state index in [1.165, 1.54) is 11.1 Å². The van der Waals surface area contributed by atoms with Gasteiger partial charge in [0.05, 0.1) is 0 Å². The number of hydrogen-bond donors (Lipinski definition) is 0. The van der Waals surface area contributed by atoms with Crippen molar-refractivity contribution in [1.82, 2.24) is 4.98 Å². The van der Waals surface area contributed by atoms with E-state index in [2.05, 4.69) is 31.0 Å². The van der Waals surface area contributed by atoms with Gasteiger partial charge in [0.25, 0.3) is 0 Å². The predicted octanol–water partition coefficient (Wildman–Crippen LogP) is 3.41. The van der Waals surface area contributed by atoms with Crippen LogP contribution in [0, 0.1) is 6.92 Å². The van der Waals surface area contributed by atoms with Gasteiger partial charge in [-0.05, 0) is 31.0 Å². The summed E-state index contributed by atoms with van der Waals surface area (Å²) in [5.41, 5.74) is 2.49. The molecule has 0 aliphatic heterocycles. The van der Waals surface area contributed by atoms with Crippen LogP contribution in [0.4, 0.5) is 0 Å². The van der Waals surface area contributed by atoms with Gasteiger partial charge in [-0.15, -0.1) is 0 Å². The Morgan fingerprint density at radius 1 is 1.05 bits per heavy atom. The molecule has 0 spiro atoms. The zero-order valence-corrected chi connectivity index (χ0v) is 11.4. The highest BCUT2D eigenvalue weighted by Gasteiger charge is 2.02. The van der Waals surface area contributed by atoms with Crippen LogP contribution in [0.15, 0.2) is 42.6 Å². The summed E-state index contributed by atoms with van der Waals surface area (Å²) >= 11 is 0. The van der Waals surface area contributed by atoms with E-state index in [4.69, 9.17) is 9.47 Å². The summed E-state index contributed by atoms with van der Waals surface area (Å²) in [5.74, 6) is 1.57. The van der Waals surface area contributed by atoms with Gasteiger partial charge < -0.3 is 9.47 Å². The van der Waals surface area contributed by atoms with Crippen molar-refractivity contribution in [3.05, 3.63) is 53.7 Å². The van der Waals surface area contributed by atoms with Gasteiger partial charge in [0.15, 0.2) is 0 Å². The number of pyridine rings is 1. The molecule has 0 saturated carbocycles. The highest BCUT2D eigenvalue weighted by Crippen LogP contribution is 2.20. The number of hydrogen-bond acceptors (Lipinski definition) is 3. The number of rotatable bonds is 6. The van der Waals surface area contributed by atoms with Gasteiger partial charge in [0.2, 0.25) is 5.88 Å². The molecule has 0 unspecified atom stereocenters. The molecule has 0 N–H and O–H groups in total. The molecule has 0 radical (unpaired) electrons. The van der Waals surface area contributed by atoms with E-state index in [-0.39, 0.29) is 0 Å². The number of ether oxygens (including phenoxy) is 2. The van der Waals surface area contributed by atoms with Crippen LogP contribution < -0.4 is 9.47 Å². The van der Waals surface area contributed by atoms with Gasteiger partial charge >= 0.3 is 0 Å². The Hall–Kier alpha value is -2.03. The first-order valence-corrected chi connectivity index (χ1v) is 6.55. The molecule has 3 nitrogen and oxygen atoms in total. The van der Waals surface area contributed by atoms with Gasteiger partial charge in [-0.2, -0.15) is 0 Å². The van der Waals surface area contributed by atoms with E-state index in [9.17, 15) is 0 Å². The maximum Gasteiger partial charge on any atom is 0.213 e. The largest absolute Gasteiger partial charge is 0.490 e. The summed E-state index contributed by atoms with van der Waals surface area (Å²) in [7, 11) is 0. The van der Waals surface area contributed by atoms with E-state index in [0.717, 1.165) is 12.2 Å². The summed E-state index contributed by atoms with van der Waals surface area (Å²) < 4.78 is 11.2. The normalized spacial score (nSPS) is 10.2. The van der Waals surface area contributed by atoms with E-state index in [0.29, 0.717) is 19.1 Å². The van der Waals surface area contributed by atoms with E-state index in [1.807, 2.05) is 24.3 Å². The van der Waals surface area contributed by atoms with Crippen LogP contribution in [0.1, 0.15) is 18.1 Å². The lowest BCUT2D eigenvalue weighted by molar-refractivity contribution is 0.211. The third kappa shape index (κ3) is 3.98. The van der Waals surface area contributed by atoms with Crippen LogP contribution in [0.2, 0.25) is 0 Å². The molecule has 1 aromatic heterocycles. The lowest BCUT2D eigenvalue weighted by Gasteiger charge is -2.11. The van der Waals surface area contributed by atoms with E-state index in [1.54, 1.807) is 6.20 Å². The fourth-order valence-electron chi connectivity index (χ4n) is 1.86. The molecule has 0 amide bonds. The third-order valence-electron chi connectivity index (χ3n) is 2.83. The minimum absolute atomic E-state index is 0.494. The van der Waals surface area contributed by atoms with Gasteiger partial charge in [-0.1, -0.05) is 30.7 Å². The van der Waals surface area contributed by atoms with Crippen molar-refractivity contribution in [2.75, 3.05) is 13.2 Å². The second-order valence-electron chi connectivity index (χ2n) is 4.33. The van der Waals surface area contributed by atoms with Crippen molar-refractivity contribution >= 4 is 0 Å². The van der Waals surface area contributed by atoms with Crippen molar-refractivity contribution in [3.63, 3.8) is 0 Å². The number of aryl methyl sites for hydroxylation is 2. The second-order valence-corrected chi connectivity index (χ2v) is 4.33. The summed E-state index contributed by atoms with van der Waals surface area (Å²) in [6.07, 6.45) is 2.68. The molecule has 0 bridgehead atoms. The van der Waals surface area contributed by atoms with Crippen LogP contribution in [0.25, 0.3) is 0 Å². The fraction of sp³-hybridized carbons (Fsp3) is 0.312. The Bertz CT molecular complexity index is 511. The van der Waals surface area contributed by atoms with Gasteiger partial charge in [0.1, 0.15) is 19.0 Å². The summed E-state index contributed by atoms with van der Waals surface area (Å²) in [4.78, 5) is 4.09. The maximum absolute atomic E-state index is 5.75. The van der Waals surface area contributed by atoms with Crippen molar-refractivity contribution in [3.8, 4) is 11.6 Å². The number of aromatic nitrogens is 1. The predicted molar refractivity (Wildman–Crippen MR) is 75.8 cm³/mol. The Balaban J connectivity index is 1.83. The monoisotopic (exact) mass is 257 g/mol. The molecule has 3 heteroatoms. The lowest BCUT2D eigenvalue weighted by Crippen LogP contribution is -2.10. The maximum atomic E-state index is 5.75. The molecule has 0 atom stereocenters. The Labute approximate surface area is 114 Å². The standard InChI is InChI=1S/C16H19NO2/c1-3-14-12-13(2)7-8-15(14)18-10-11-19-16-6-4-5-9-17-16/h4-9,12H,3,10-11H2,1-2H3. The van der Waals surface area contributed by atoms with Gasteiger partial charge in [-0.25, -0.2) is 4.98 Å². The van der Waals surface area contributed by atoms with E-state index < -0.39 is 0 Å². The topological polar surface area (TPSA) is 31.4 Å². The average Bonchev–Trinajstić information content (AvgIpc) is 2.46. The lowest BCUT2D eigenvalue weighted by atomic mass is 10.1. The van der Waals surface area contributed by atoms with Gasteiger partial charge in [0, 0.05) is 12.3 Å². The third-order valence-corrected chi connectivity index (χ3v) is 2.83. The Morgan fingerprint density at radius 3 is 2.63 bits per heavy atom. The molecular weight excluding hydrogens is 238 g/mol. The zero-order valence-electron chi connectivity index (χ0n) is 11.4. The van der Waals surface area contributed by atoms with Crippen molar-refractivity contribution in [1.29, 1.82) is 0 Å². The Morgan fingerprint density at radius 2 is 1.89 bits per heavy atom. The molecule has 19 heavy (non-hydrogen) atoms. The highest BCUT2D eigenvalue weighted by molar-refractivity contribution is 5.36. The molecule has 0 aliphatic rings. The molecule has 1 heterocycles. The molecule has 2 rings (SSSR count). The first kappa shape index (κ1) is 13.4. The first-order chi connectivity index (χ1) is 9.29. The molecule has 100 valence electrons. The minimum Gasteiger partial charge on any atom is -0.490 e. The molecule has 0 saturated heterocycles. The second kappa shape index (κ2) is 6.78. The number of nitrogens with zero attached hydrogens (tertiary/aromatic N) is 1. The molecule has 2 aromatic rings. The van der Waals surface area contributed by atoms with Crippen molar-refractivity contribution in [2.24, 2.45) is 0 Å². The SMILES string of the molecule is CCc1cc(C)ccc1OCCOc1ccccn1. The van der Waals surface area contributed by atoms with Crippen LogP contribution in [-0.4, -0.2) is 18.2 Å².